The van der Waals surface area contributed by atoms with E-state index in [1.165, 1.54) is 0 Å². The van der Waals surface area contributed by atoms with Crippen molar-refractivity contribution in [2.45, 2.75) is 64.6 Å². The van der Waals surface area contributed by atoms with Crippen molar-refractivity contribution < 1.29 is 14.6 Å². The average Bonchev–Trinajstić information content (AvgIpc) is 2.53. The zero-order valence-corrected chi connectivity index (χ0v) is 15.0. The molecule has 2 rings (SSSR count). The van der Waals surface area contributed by atoms with E-state index in [1.54, 1.807) is 0 Å². The topological polar surface area (TPSA) is 70.6 Å². The molecule has 0 radical (unpaired) electrons. The number of para-hydroxylation sites is 1. The molecule has 1 aromatic carbocycles. The van der Waals surface area contributed by atoms with E-state index in [4.69, 9.17) is 9.84 Å². The Bertz CT molecular complexity index is 532. The maximum atomic E-state index is 12.1. The van der Waals surface area contributed by atoms with Crippen LogP contribution in [0.25, 0.3) is 0 Å². The van der Waals surface area contributed by atoms with E-state index in [0.29, 0.717) is 12.5 Å². The number of carbonyl (C=O) groups is 1. The van der Waals surface area contributed by atoms with Crippen molar-refractivity contribution in [3.05, 3.63) is 29.8 Å². The van der Waals surface area contributed by atoms with Gasteiger partial charge in [-0.2, -0.15) is 0 Å². The van der Waals surface area contributed by atoms with Crippen LogP contribution in [-0.2, 0) is 6.54 Å². The van der Waals surface area contributed by atoms with E-state index in [1.807, 2.05) is 45.0 Å². The molecule has 0 unspecified atom stereocenters. The van der Waals surface area contributed by atoms with Gasteiger partial charge in [0.15, 0.2) is 0 Å². The Labute approximate surface area is 144 Å². The standard InChI is InChI=1S/C19H30N2O3/c1-19(2,3)24-17-7-5-4-6-15(17)12-20-18(23)21-16-10-8-14(13-22)9-11-16/h4-7,14,16,22H,8-13H2,1-3H3,(H2,20,21,23). The number of hydrogen-bond donors (Lipinski definition) is 3. The van der Waals surface area contributed by atoms with Crippen molar-refractivity contribution in [1.29, 1.82) is 0 Å². The molecule has 1 aliphatic rings. The average molecular weight is 334 g/mol. The number of rotatable bonds is 5. The molecule has 0 aromatic heterocycles. The fraction of sp³-hybridized carbons (Fsp3) is 0.632. The van der Waals surface area contributed by atoms with E-state index in [2.05, 4.69) is 10.6 Å². The van der Waals surface area contributed by atoms with E-state index in [9.17, 15) is 4.79 Å². The summed E-state index contributed by atoms with van der Waals surface area (Å²) in [5, 5.41) is 15.1. The number of benzene rings is 1. The van der Waals surface area contributed by atoms with Gasteiger partial charge in [0.2, 0.25) is 0 Å². The maximum absolute atomic E-state index is 12.1. The van der Waals surface area contributed by atoms with Gasteiger partial charge in [-0.3, -0.25) is 0 Å². The molecule has 1 aliphatic carbocycles. The lowest BCUT2D eigenvalue weighted by Gasteiger charge is -2.28. The minimum Gasteiger partial charge on any atom is -0.488 e. The van der Waals surface area contributed by atoms with Crippen molar-refractivity contribution in [2.24, 2.45) is 5.92 Å². The van der Waals surface area contributed by atoms with Gasteiger partial charge in [0, 0.05) is 24.8 Å². The third kappa shape index (κ3) is 6.04. The molecular weight excluding hydrogens is 304 g/mol. The highest BCUT2D eigenvalue weighted by Gasteiger charge is 2.22. The predicted molar refractivity (Wildman–Crippen MR) is 95.0 cm³/mol. The van der Waals surface area contributed by atoms with Gasteiger partial charge in [-0.25, -0.2) is 4.79 Å². The third-order valence-corrected chi connectivity index (χ3v) is 4.27. The first-order valence-electron chi connectivity index (χ1n) is 8.79. The molecule has 0 saturated heterocycles. The Hall–Kier alpha value is -1.75. The Kier molecular flexibility index (Phi) is 6.49. The van der Waals surface area contributed by atoms with Gasteiger partial charge in [0.1, 0.15) is 11.4 Å². The molecule has 0 spiro atoms. The summed E-state index contributed by atoms with van der Waals surface area (Å²) in [6.45, 7) is 6.71. The summed E-state index contributed by atoms with van der Waals surface area (Å²) in [5.74, 6) is 1.20. The van der Waals surface area contributed by atoms with E-state index in [-0.39, 0.29) is 24.3 Å². The van der Waals surface area contributed by atoms with Gasteiger partial charge in [-0.05, 0) is 58.4 Å². The molecule has 0 heterocycles. The number of carbonyl (C=O) groups excluding carboxylic acids is 1. The number of hydrogen-bond acceptors (Lipinski definition) is 3. The van der Waals surface area contributed by atoms with Crippen LogP contribution in [0.1, 0.15) is 52.0 Å². The minimum absolute atomic E-state index is 0.145. The number of amides is 2. The lowest BCUT2D eigenvalue weighted by atomic mass is 9.87. The van der Waals surface area contributed by atoms with Crippen LogP contribution in [0.4, 0.5) is 4.79 Å². The Morgan fingerprint density at radius 2 is 1.88 bits per heavy atom. The lowest BCUT2D eigenvalue weighted by molar-refractivity contribution is 0.129. The SMILES string of the molecule is CC(C)(C)Oc1ccccc1CNC(=O)NC1CCC(CO)CC1. The summed E-state index contributed by atoms with van der Waals surface area (Å²) in [6.07, 6.45) is 3.82. The van der Waals surface area contributed by atoms with Gasteiger partial charge >= 0.3 is 6.03 Å². The largest absolute Gasteiger partial charge is 0.488 e. The Morgan fingerprint density at radius 3 is 2.50 bits per heavy atom. The lowest BCUT2D eigenvalue weighted by Crippen LogP contribution is -2.43. The summed E-state index contributed by atoms with van der Waals surface area (Å²) in [6, 6.07) is 7.83. The van der Waals surface area contributed by atoms with Crippen molar-refractivity contribution in [3.63, 3.8) is 0 Å². The van der Waals surface area contributed by atoms with E-state index in [0.717, 1.165) is 37.0 Å². The molecule has 0 atom stereocenters. The fourth-order valence-corrected chi connectivity index (χ4v) is 2.98. The summed E-state index contributed by atoms with van der Waals surface area (Å²) in [5.41, 5.74) is 0.690. The second kappa shape index (κ2) is 8.38. The van der Waals surface area contributed by atoms with Crippen LogP contribution in [0.3, 0.4) is 0 Å². The number of aliphatic hydroxyl groups is 1. The van der Waals surface area contributed by atoms with Crippen molar-refractivity contribution in [2.75, 3.05) is 6.61 Å². The second-order valence-corrected chi connectivity index (χ2v) is 7.55. The Balaban J connectivity index is 1.82. The number of urea groups is 1. The quantitative estimate of drug-likeness (QED) is 0.774. The monoisotopic (exact) mass is 334 g/mol. The molecule has 24 heavy (non-hydrogen) atoms. The van der Waals surface area contributed by atoms with E-state index >= 15 is 0 Å². The van der Waals surface area contributed by atoms with Gasteiger partial charge < -0.3 is 20.5 Å². The van der Waals surface area contributed by atoms with Crippen LogP contribution in [0, 0.1) is 5.92 Å². The van der Waals surface area contributed by atoms with Crippen molar-refractivity contribution in [1.82, 2.24) is 10.6 Å². The molecule has 5 heteroatoms. The first kappa shape index (κ1) is 18.6. The zero-order chi connectivity index (χ0) is 17.6. The molecule has 1 saturated carbocycles. The van der Waals surface area contributed by atoms with Crippen LogP contribution in [0.2, 0.25) is 0 Å². The summed E-state index contributed by atoms with van der Waals surface area (Å²) >= 11 is 0. The highest BCUT2D eigenvalue weighted by molar-refractivity contribution is 5.74. The molecular formula is C19H30N2O3. The van der Waals surface area contributed by atoms with Crippen molar-refractivity contribution >= 4 is 6.03 Å². The first-order valence-corrected chi connectivity index (χ1v) is 8.79. The van der Waals surface area contributed by atoms with Crippen LogP contribution in [0.15, 0.2) is 24.3 Å². The van der Waals surface area contributed by atoms with Gasteiger partial charge in [0.05, 0.1) is 0 Å². The smallest absolute Gasteiger partial charge is 0.315 e. The summed E-state index contributed by atoms with van der Waals surface area (Å²) < 4.78 is 5.94. The van der Waals surface area contributed by atoms with Gasteiger partial charge in [0.25, 0.3) is 0 Å². The summed E-state index contributed by atoms with van der Waals surface area (Å²) in [4.78, 5) is 12.1. The van der Waals surface area contributed by atoms with Gasteiger partial charge in [-0.1, -0.05) is 18.2 Å². The molecule has 0 bridgehead atoms. The summed E-state index contributed by atoms with van der Waals surface area (Å²) in [7, 11) is 0. The highest BCUT2D eigenvalue weighted by Crippen LogP contribution is 2.24. The van der Waals surface area contributed by atoms with Crippen LogP contribution in [0.5, 0.6) is 5.75 Å². The predicted octanol–water partition coefficient (Wildman–Crippen LogP) is 3.21. The van der Waals surface area contributed by atoms with Crippen molar-refractivity contribution in [3.8, 4) is 5.75 Å². The molecule has 134 valence electrons. The number of aliphatic hydroxyl groups excluding tert-OH is 1. The van der Waals surface area contributed by atoms with Crippen LogP contribution >= 0.6 is 0 Å². The van der Waals surface area contributed by atoms with Crippen LogP contribution in [-0.4, -0.2) is 29.4 Å². The highest BCUT2D eigenvalue weighted by atomic mass is 16.5. The van der Waals surface area contributed by atoms with E-state index < -0.39 is 0 Å². The molecule has 0 aliphatic heterocycles. The second-order valence-electron chi connectivity index (χ2n) is 7.55. The van der Waals surface area contributed by atoms with Gasteiger partial charge in [-0.15, -0.1) is 0 Å². The molecule has 3 N–H and O–H groups in total. The Morgan fingerprint density at radius 1 is 1.21 bits per heavy atom. The zero-order valence-electron chi connectivity index (χ0n) is 15.0. The maximum Gasteiger partial charge on any atom is 0.315 e. The molecule has 1 fully saturated rings. The minimum atomic E-state index is -0.274. The molecule has 2 amide bonds. The number of ether oxygens (including phenoxy) is 1. The fourth-order valence-electron chi connectivity index (χ4n) is 2.98. The first-order chi connectivity index (χ1) is 11.4. The third-order valence-electron chi connectivity index (χ3n) is 4.27. The normalized spacial score (nSPS) is 21.2. The molecule has 1 aromatic rings. The van der Waals surface area contributed by atoms with Crippen LogP contribution < -0.4 is 15.4 Å². The molecule has 5 nitrogen and oxygen atoms in total. The number of nitrogens with one attached hydrogen (secondary N) is 2.